The third kappa shape index (κ3) is 4.55. The maximum atomic E-state index is 12.3. The third-order valence-electron chi connectivity index (χ3n) is 6.23. The lowest BCUT2D eigenvalue weighted by Crippen LogP contribution is -2.33. The predicted octanol–water partition coefficient (Wildman–Crippen LogP) is 5.33. The normalized spacial score (nSPS) is 15.2. The fraction of sp³-hybridized carbons (Fsp3) is 0.259. The standard InChI is InChI=1S/C27H25NO5S/c1-31-26(29)20-12-19-13-22(5-6-23(19)24(14-20)25-15-28-17-34-25)33-16-18-3-2-4-21(11-18)27(30)7-9-32-10-8-27/h2-6,11-15,17,30H,7-10,16H2,1H3. The molecule has 1 N–H and O–H groups in total. The first kappa shape index (κ1) is 22.5. The summed E-state index contributed by atoms with van der Waals surface area (Å²) in [6.45, 7) is 1.49. The fourth-order valence-electron chi connectivity index (χ4n) is 4.34. The number of esters is 1. The van der Waals surface area contributed by atoms with Gasteiger partial charge < -0.3 is 19.3 Å². The summed E-state index contributed by atoms with van der Waals surface area (Å²) in [6.07, 6.45) is 2.98. The van der Waals surface area contributed by atoms with Crippen LogP contribution < -0.4 is 4.74 Å². The van der Waals surface area contributed by atoms with Crippen molar-refractivity contribution in [3.8, 4) is 16.2 Å². The molecule has 0 bridgehead atoms. The average molecular weight is 476 g/mol. The van der Waals surface area contributed by atoms with Crippen molar-refractivity contribution in [2.45, 2.75) is 25.0 Å². The number of aromatic nitrogens is 1. The molecule has 0 aliphatic carbocycles. The zero-order valence-corrected chi connectivity index (χ0v) is 19.6. The Bertz CT molecular complexity index is 1310. The van der Waals surface area contributed by atoms with Crippen LogP contribution in [0.4, 0.5) is 0 Å². The van der Waals surface area contributed by atoms with Crippen LogP contribution >= 0.6 is 11.3 Å². The molecular weight excluding hydrogens is 450 g/mol. The van der Waals surface area contributed by atoms with Crippen molar-refractivity contribution in [2.24, 2.45) is 0 Å². The van der Waals surface area contributed by atoms with Crippen LogP contribution in [0.25, 0.3) is 21.2 Å². The molecule has 174 valence electrons. The summed E-state index contributed by atoms with van der Waals surface area (Å²) >= 11 is 1.52. The molecule has 7 heteroatoms. The van der Waals surface area contributed by atoms with Gasteiger partial charge in [0.2, 0.25) is 0 Å². The van der Waals surface area contributed by atoms with Crippen molar-refractivity contribution in [1.29, 1.82) is 0 Å². The molecule has 0 radical (unpaired) electrons. The van der Waals surface area contributed by atoms with Crippen LogP contribution in [0.5, 0.6) is 5.75 Å². The molecule has 0 atom stereocenters. The van der Waals surface area contributed by atoms with Crippen molar-refractivity contribution in [1.82, 2.24) is 4.98 Å². The Balaban J connectivity index is 1.42. The van der Waals surface area contributed by atoms with Crippen LogP contribution in [0.1, 0.15) is 34.3 Å². The number of nitrogens with zero attached hydrogens (tertiary/aromatic N) is 1. The highest BCUT2D eigenvalue weighted by Crippen LogP contribution is 2.35. The fourth-order valence-corrected chi connectivity index (χ4v) is 4.99. The van der Waals surface area contributed by atoms with Crippen LogP contribution in [0.15, 0.2) is 66.3 Å². The molecule has 1 fully saturated rings. The van der Waals surface area contributed by atoms with E-state index in [1.165, 1.54) is 18.4 Å². The molecule has 3 aromatic carbocycles. The molecule has 6 nitrogen and oxygen atoms in total. The number of carbonyl (C=O) groups excluding carboxylic acids is 1. The van der Waals surface area contributed by atoms with Gasteiger partial charge in [0.25, 0.3) is 0 Å². The lowest BCUT2D eigenvalue weighted by Gasteiger charge is -2.32. The highest BCUT2D eigenvalue weighted by Gasteiger charge is 2.31. The molecule has 0 saturated carbocycles. The second-order valence-electron chi connectivity index (χ2n) is 8.40. The molecule has 0 amide bonds. The molecule has 0 spiro atoms. The number of thiazole rings is 1. The van der Waals surface area contributed by atoms with E-state index in [1.54, 1.807) is 11.7 Å². The molecule has 1 saturated heterocycles. The smallest absolute Gasteiger partial charge is 0.337 e. The van der Waals surface area contributed by atoms with E-state index in [-0.39, 0.29) is 5.97 Å². The van der Waals surface area contributed by atoms with Gasteiger partial charge in [0.1, 0.15) is 12.4 Å². The van der Waals surface area contributed by atoms with E-state index in [0.717, 1.165) is 32.3 Å². The van der Waals surface area contributed by atoms with Crippen LogP contribution in [0.2, 0.25) is 0 Å². The maximum Gasteiger partial charge on any atom is 0.337 e. The first-order valence-electron chi connectivity index (χ1n) is 11.1. The maximum absolute atomic E-state index is 12.3. The van der Waals surface area contributed by atoms with E-state index >= 15 is 0 Å². The molecule has 1 aliphatic rings. The van der Waals surface area contributed by atoms with Crippen molar-refractivity contribution in [3.05, 3.63) is 83.0 Å². The second-order valence-corrected chi connectivity index (χ2v) is 9.28. The van der Waals surface area contributed by atoms with Gasteiger partial charge >= 0.3 is 5.97 Å². The number of aliphatic hydroxyl groups is 1. The minimum atomic E-state index is -0.853. The Morgan fingerprint density at radius 3 is 2.76 bits per heavy atom. The predicted molar refractivity (Wildman–Crippen MR) is 131 cm³/mol. The minimum Gasteiger partial charge on any atom is -0.489 e. The molecule has 1 aliphatic heterocycles. The van der Waals surface area contributed by atoms with E-state index in [1.807, 2.05) is 54.6 Å². The Morgan fingerprint density at radius 1 is 1.15 bits per heavy atom. The first-order chi connectivity index (χ1) is 16.6. The molecule has 5 rings (SSSR count). The van der Waals surface area contributed by atoms with Gasteiger partial charge in [-0.25, -0.2) is 4.79 Å². The van der Waals surface area contributed by atoms with Crippen LogP contribution in [0, 0.1) is 0 Å². The summed E-state index contributed by atoms with van der Waals surface area (Å²) in [4.78, 5) is 17.4. The largest absolute Gasteiger partial charge is 0.489 e. The molecule has 1 aromatic heterocycles. The highest BCUT2D eigenvalue weighted by atomic mass is 32.1. The van der Waals surface area contributed by atoms with Crippen LogP contribution in [-0.2, 0) is 21.7 Å². The Morgan fingerprint density at radius 2 is 2.00 bits per heavy atom. The number of ether oxygens (including phenoxy) is 3. The first-order valence-corrected chi connectivity index (χ1v) is 12.0. The average Bonchev–Trinajstić information content (AvgIpc) is 3.42. The van der Waals surface area contributed by atoms with E-state index in [4.69, 9.17) is 14.2 Å². The third-order valence-corrected chi connectivity index (χ3v) is 7.04. The van der Waals surface area contributed by atoms with E-state index in [9.17, 15) is 9.90 Å². The number of benzene rings is 3. The number of hydrogen-bond donors (Lipinski definition) is 1. The number of methoxy groups -OCH3 is 1. The lowest BCUT2D eigenvalue weighted by molar-refractivity contribution is -0.0679. The van der Waals surface area contributed by atoms with Crippen LogP contribution in [-0.4, -0.2) is 36.4 Å². The van der Waals surface area contributed by atoms with Gasteiger partial charge in [0.15, 0.2) is 0 Å². The van der Waals surface area contributed by atoms with Gasteiger partial charge in [-0.05, 0) is 52.2 Å². The lowest BCUT2D eigenvalue weighted by atomic mass is 9.86. The molecule has 34 heavy (non-hydrogen) atoms. The van der Waals surface area contributed by atoms with Crippen molar-refractivity contribution >= 4 is 28.1 Å². The number of rotatable bonds is 6. The zero-order valence-electron chi connectivity index (χ0n) is 18.8. The summed E-state index contributed by atoms with van der Waals surface area (Å²) in [7, 11) is 1.38. The summed E-state index contributed by atoms with van der Waals surface area (Å²) < 4.78 is 16.5. The monoisotopic (exact) mass is 475 g/mol. The van der Waals surface area contributed by atoms with Crippen molar-refractivity contribution in [2.75, 3.05) is 20.3 Å². The van der Waals surface area contributed by atoms with Crippen molar-refractivity contribution < 1.29 is 24.1 Å². The van der Waals surface area contributed by atoms with Gasteiger partial charge in [0.05, 0.1) is 28.7 Å². The molecule has 2 heterocycles. The van der Waals surface area contributed by atoms with Crippen LogP contribution in [0.3, 0.4) is 0 Å². The second kappa shape index (κ2) is 9.54. The molecular formula is C27H25NO5S. The number of hydrogen-bond acceptors (Lipinski definition) is 7. The molecule has 0 unspecified atom stereocenters. The van der Waals surface area contributed by atoms with E-state index < -0.39 is 5.60 Å². The highest BCUT2D eigenvalue weighted by molar-refractivity contribution is 7.13. The minimum absolute atomic E-state index is 0.365. The van der Waals surface area contributed by atoms with Gasteiger partial charge in [-0.2, -0.15) is 0 Å². The van der Waals surface area contributed by atoms with E-state index in [0.29, 0.717) is 44.0 Å². The number of fused-ring (bicyclic) bond motifs is 1. The zero-order chi connectivity index (χ0) is 23.5. The van der Waals surface area contributed by atoms with Gasteiger partial charge in [-0.3, -0.25) is 4.98 Å². The van der Waals surface area contributed by atoms with E-state index in [2.05, 4.69) is 4.98 Å². The summed E-state index contributed by atoms with van der Waals surface area (Å²) in [6, 6.07) is 17.4. The summed E-state index contributed by atoms with van der Waals surface area (Å²) in [5.74, 6) is 0.307. The quantitative estimate of drug-likeness (QED) is 0.380. The Hall–Kier alpha value is -3.26. The SMILES string of the molecule is COC(=O)c1cc(-c2cncs2)c2ccc(OCc3cccc(C4(O)CCOCC4)c3)cc2c1. The molecule has 4 aromatic rings. The topological polar surface area (TPSA) is 77.9 Å². The number of carbonyl (C=O) groups is 1. The Kier molecular flexibility index (Phi) is 6.32. The van der Waals surface area contributed by atoms with Gasteiger partial charge in [0, 0.05) is 37.8 Å². The van der Waals surface area contributed by atoms with Gasteiger partial charge in [-0.1, -0.05) is 24.3 Å². The summed E-state index contributed by atoms with van der Waals surface area (Å²) in [5, 5.41) is 12.9. The summed E-state index contributed by atoms with van der Waals surface area (Å²) in [5.41, 5.74) is 4.21. The Labute approximate surface area is 201 Å². The van der Waals surface area contributed by atoms with Crippen molar-refractivity contribution in [3.63, 3.8) is 0 Å². The van der Waals surface area contributed by atoms with Gasteiger partial charge in [-0.15, -0.1) is 11.3 Å².